The zero-order chi connectivity index (χ0) is 15.7. The lowest BCUT2D eigenvalue weighted by atomic mass is 10.2. The summed E-state index contributed by atoms with van der Waals surface area (Å²) in [7, 11) is 0. The molecule has 0 saturated heterocycles. The minimum absolute atomic E-state index is 0.0145. The van der Waals surface area contributed by atoms with Gasteiger partial charge < -0.3 is 15.4 Å². The first-order valence-corrected chi connectivity index (χ1v) is 6.28. The van der Waals surface area contributed by atoms with E-state index >= 15 is 0 Å². The van der Waals surface area contributed by atoms with Crippen LogP contribution < -0.4 is 5.32 Å². The van der Waals surface area contributed by atoms with E-state index in [4.69, 9.17) is 0 Å². The molecule has 22 heavy (non-hydrogen) atoms. The van der Waals surface area contributed by atoms with Crippen LogP contribution in [0.15, 0.2) is 42.6 Å². The van der Waals surface area contributed by atoms with Gasteiger partial charge in [0.25, 0.3) is 11.6 Å². The van der Waals surface area contributed by atoms with E-state index in [1.807, 2.05) is 0 Å². The number of anilines is 1. The number of hydrogen-bond acceptors (Lipinski definition) is 5. The van der Waals surface area contributed by atoms with Crippen LogP contribution >= 0.6 is 0 Å². The van der Waals surface area contributed by atoms with E-state index in [0.717, 1.165) is 0 Å². The van der Waals surface area contributed by atoms with E-state index in [2.05, 4.69) is 15.3 Å². The van der Waals surface area contributed by atoms with Crippen LogP contribution in [0.5, 0.6) is 5.75 Å². The number of pyridine rings is 1. The van der Waals surface area contributed by atoms with Crippen molar-refractivity contribution < 1.29 is 14.8 Å². The van der Waals surface area contributed by atoms with Gasteiger partial charge in [-0.3, -0.25) is 14.9 Å². The average molecular weight is 298 g/mol. The van der Waals surface area contributed by atoms with Crippen LogP contribution in [-0.4, -0.2) is 25.9 Å². The number of fused-ring (bicyclic) bond motifs is 1. The molecule has 2 aromatic heterocycles. The molecule has 8 nitrogen and oxygen atoms in total. The molecule has 110 valence electrons. The number of benzene rings is 1. The number of amides is 1. The largest absolute Gasteiger partial charge is 0.504 e. The highest BCUT2D eigenvalue weighted by Gasteiger charge is 2.17. The standard InChI is InChI=1S/C14H10N4O4/c19-11-5-2-6-15-13(11)17-14(20)9-7-8-3-1-4-10(18(21)22)12(8)16-9/h1-7,16,19H,(H,15,17,20). The van der Waals surface area contributed by atoms with Gasteiger partial charge in [0.2, 0.25) is 0 Å². The Morgan fingerprint density at radius 2 is 2.14 bits per heavy atom. The van der Waals surface area contributed by atoms with Crippen LogP contribution in [0.25, 0.3) is 10.9 Å². The predicted octanol–water partition coefficient (Wildman–Crippen LogP) is 2.43. The fraction of sp³-hybridized carbons (Fsp3) is 0. The molecule has 1 amide bonds. The van der Waals surface area contributed by atoms with Crippen molar-refractivity contribution in [3.05, 3.63) is 58.4 Å². The summed E-state index contributed by atoms with van der Waals surface area (Å²) in [5.74, 6) is -0.710. The third-order valence-electron chi connectivity index (χ3n) is 3.09. The highest BCUT2D eigenvalue weighted by atomic mass is 16.6. The maximum absolute atomic E-state index is 12.2. The van der Waals surface area contributed by atoms with E-state index in [1.165, 1.54) is 30.5 Å². The molecule has 3 aromatic rings. The van der Waals surface area contributed by atoms with Crippen LogP contribution in [0.2, 0.25) is 0 Å². The second-order valence-electron chi connectivity index (χ2n) is 4.51. The van der Waals surface area contributed by atoms with Crippen molar-refractivity contribution in [2.24, 2.45) is 0 Å². The Balaban J connectivity index is 1.97. The molecule has 0 saturated carbocycles. The van der Waals surface area contributed by atoms with Gasteiger partial charge in [0.05, 0.1) is 4.92 Å². The number of H-pyrrole nitrogens is 1. The molecule has 0 aliphatic rings. The monoisotopic (exact) mass is 298 g/mol. The van der Waals surface area contributed by atoms with E-state index in [1.54, 1.807) is 12.1 Å². The number of non-ortho nitro benzene ring substituents is 1. The first-order valence-electron chi connectivity index (χ1n) is 6.28. The molecular formula is C14H10N4O4. The normalized spacial score (nSPS) is 10.5. The molecule has 1 aromatic carbocycles. The lowest BCUT2D eigenvalue weighted by Crippen LogP contribution is -2.13. The summed E-state index contributed by atoms with van der Waals surface area (Å²) in [6, 6.07) is 8.97. The summed E-state index contributed by atoms with van der Waals surface area (Å²) in [6.07, 6.45) is 1.42. The Bertz CT molecular complexity index is 887. The number of carbonyl (C=O) groups excluding carboxylic acids is 1. The molecule has 0 unspecified atom stereocenters. The number of nitrogens with zero attached hydrogens (tertiary/aromatic N) is 2. The number of rotatable bonds is 3. The maximum Gasteiger partial charge on any atom is 0.293 e. The summed E-state index contributed by atoms with van der Waals surface area (Å²) in [5.41, 5.74) is 0.287. The minimum atomic E-state index is -0.556. The molecular weight excluding hydrogens is 288 g/mol. The van der Waals surface area contributed by atoms with E-state index in [-0.39, 0.29) is 28.5 Å². The highest BCUT2D eigenvalue weighted by Crippen LogP contribution is 2.26. The number of nitro benzene ring substituents is 1. The second-order valence-corrected chi connectivity index (χ2v) is 4.51. The third kappa shape index (κ3) is 2.33. The Hall–Kier alpha value is -3.42. The fourth-order valence-corrected chi connectivity index (χ4v) is 2.08. The van der Waals surface area contributed by atoms with E-state index in [0.29, 0.717) is 5.39 Å². The first kappa shape index (κ1) is 13.6. The number of aromatic nitrogens is 2. The van der Waals surface area contributed by atoms with Gasteiger partial charge in [-0.25, -0.2) is 4.98 Å². The van der Waals surface area contributed by atoms with Crippen molar-refractivity contribution in [1.29, 1.82) is 0 Å². The predicted molar refractivity (Wildman–Crippen MR) is 78.8 cm³/mol. The number of para-hydroxylation sites is 1. The van der Waals surface area contributed by atoms with Crippen molar-refractivity contribution in [1.82, 2.24) is 9.97 Å². The van der Waals surface area contributed by atoms with Gasteiger partial charge in [-0.05, 0) is 18.2 Å². The fourth-order valence-electron chi connectivity index (χ4n) is 2.08. The van der Waals surface area contributed by atoms with Gasteiger partial charge in [0.1, 0.15) is 11.2 Å². The molecule has 0 fully saturated rings. The smallest absolute Gasteiger partial charge is 0.293 e. The van der Waals surface area contributed by atoms with E-state index < -0.39 is 10.8 Å². The molecule has 8 heteroatoms. The Morgan fingerprint density at radius 1 is 1.32 bits per heavy atom. The van der Waals surface area contributed by atoms with E-state index in [9.17, 15) is 20.0 Å². The summed E-state index contributed by atoms with van der Waals surface area (Å²) in [6.45, 7) is 0. The van der Waals surface area contributed by atoms with Crippen LogP contribution in [0.4, 0.5) is 11.5 Å². The van der Waals surface area contributed by atoms with Crippen molar-refractivity contribution in [3.8, 4) is 5.75 Å². The molecule has 0 bridgehead atoms. The van der Waals surface area contributed by atoms with Gasteiger partial charge in [-0.2, -0.15) is 0 Å². The van der Waals surface area contributed by atoms with Crippen LogP contribution in [0, 0.1) is 10.1 Å². The zero-order valence-electron chi connectivity index (χ0n) is 11.1. The van der Waals surface area contributed by atoms with Crippen LogP contribution in [-0.2, 0) is 0 Å². The lowest BCUT2D eigenvalue weighted by molar-refractivity contribution is -0.383. The molecule has 0 aliphatic carbocycles. The van der Waals surface area contributed by atoms with Gasteiger partial charge >= 0.3 is 0 Å². The van der Waals surface area contributed by atoms with Crippen molar-refractivity contribution in [3.63, 3.8) is 0 Å². The maximum atomic E-state index is 12.2. The Labute approximate surface area is 123 Å². The topological polar surface area (TPSA) is 121 Å². The summed E-state index contributed by atoms with van der Waals surface area (Å²) in [5, 5.41) is 23.5. The number of nitro groups is 1. The van der Waals surface area contributed by atoms with Gasteiger partial charge in [-0.15, -0.1) is 0 Å². The molecule has 0 spiro atoms. The van der Waals surface area contributed by atoms with Gasteiger partial charge in [0, 0.05) is 17.6 Å². The average Bonchev–Trinajstić information content (AvgIpc) is 2.93. The molecule has 3 rings (SSSR count). The molecule has 0 radical (unpaired) electrons. The summed E-state index contributed by atoms with van der Waals surface area (Å²) in [4.78, 5) is 29.2. The number of hydrogen-bond donors (Lipinski definition) is 3. The SMILES string of the molecule is O=C(Nc1ncccc1O)c1cc2cccc([N+](=O)[O-])c2[nH]1. The lowest BCUT2D eigenvalue weighted by Gasteiger charge is -2.03. The van der Waals surface area contributed by atoms with Crippen molar-refractivity contribution in [2.45, 2.75) is 0 Å². The van der Waals surface area contributed by atoms with Gasteiger partial charge in [0.15, 0.2) is 11.6 Å². The first-order chi connectivity index (χ1) is 10.6. The highest BCUT2D eigenvalue weighted by molar-refractivity contribution is 6.06. The minimum Gasteiger partial charge on any atom is -0.504 e. The molecule has 3 N–H and O–H groups in total. The number of aromatic amines is 1. The number of carbonyl (C=O) groups is 1. The summed E-state index contributed by atoms with van der Waals surface area (Å²) >= 11 is 0. The number of nitrogens with one attached hydrogen (secondary N) is 2. The molecule has 2 heterocycles. The Kier molecular flexibility index (Phi) is 3.18. The van der Waals surface area contributed by atoms with Crippen molar-refractivity contribution in [2.75, 3.05) is 5.32 Å². The second kappa shape index (κ2) is 5.17. The quantitative estimate of drug-likeness (QED) is 0.506. The molecule has 0 aliphatic heterocycles. The third-order valence-corrected chi connectivity index (χ3v) is 3.09. The Morgan fingerprint density at radius 3 is 2.86 bits per heavy atom. The zero-order valence-corrected chi connectivity index (χ0v) is 11.1. The van der Waals surface area contributed by atoms with Gasteiger partial charge in [-0.1, -0.05) is 12.1 Å². The van der Waals surface area contributed by atoms with Crippen molar-refractivity contribution >= 4 is 28.3 Å². The van der Waals surface area contributed by atoms with Crippen LogP contribution in [0.1, 0.15) is 10.5 Å². The summed E-state index contributed by atoms with van der Waals surface area (Å²) < 4.78 is 0. The molecule has 0 atom stereocenters. The van der Waals surface area contributed by atoms with Crippen LogP contribution in [0.3, 0.4) is 0 Å². The number of aromatic hydroxyl groups is 1.